The molecule has 31 heavy (non-hydrogen) atoms. The van der Waals surface area contributed by atoms with Crippen LogP contribution in [0, 0.1) is 10.1 Å². The first-order valence-electron chi connectivity index (χ1n) is 9.42. The highest BCUT2D eigenvalue weighted by Crippen LogP contribution is 2.23. The molecule has 0 radical (unpaired) electrons. The van der Waals surface area contributed by atoms with Crippen LogP contribution in [0.25, 0.3) is 0 Å². The number of nitrogens with one attached hydrogen (secondary N) is 1. The number of non-ortho nitro benzene ring substituents is 1. The van der Waals surface area contributed by atoms with Gasteiger partial charge in [-0.3, -0.25) is 19.7 Å². The van der Waals surface area contributed by atoms with Gasteiger partial charge in [0.1, 0.15) is 5.75 Å². The number of benzene rings is 3. The molecule has 2 N–H and O–H groups in total. The van der Waals surface area contributed by atoms with Crippen molar-refractivity contribution in [1.29, 1.82) is 0 Å². The van der Waals surface area contributed by atoms with Crippen LogP contribution in [-0.4, -0.2) is 21.7 Å². The Labute approximate surface area is 183 Å². The van der Waals surface area contributed by atoms with Crippen molar-refractivity contribution >= 4 is 29.0 Å². The average Bonchev–Trinajstić information content (AvgIpc) is 2.74. The van der Waals surface area contributed by atoms with E-state index in [1.807, 2.05) is 0 Å². The quantitative estimate of drug-likeness (QED) is 0.303. The molecule has 1 atom stereocenters. The minimum atomic E-state index is -0.620. The summed E-state index contributed by atoms with van der Waals surface area (Å²) in [7, 11) is 0. The molecular formula is C23H19ClN2O5. The fourth-order valence-corrected chi connectivity index (χ4v) is 3.29. The van der Waals surface area contributed by atoms with E-state index in [2.05, 4.69) is 5.32 Å². The molecule has 8 heteroatoms. The largest absolute Gasteiger partial charge is 0.508 e. The Hall–Kier alpha value is -3.71. The molecule has 0 bridgehead atoms. The zero-order chi connectivity index (χ0) is 22.4. The standard InChI is InChI=1S/C23H19ClN2O5/c24-18-3-1-2-17(13-18)21(14-22(28)16-6-10-20(27)11-7-16)25-23(29)12-15-4-8-19(9-5-15)26(30)31/h1-11,13,21,27H,12,14H2,(H,25,29). The van der Waals surface area contributed by atoms with Crippen molar-refractivity contribution in [3.8, 4) is 5.75 Å². The molecule has 0 aliphatic heterocycles. The van der Waals surface area contributed by atoms with Gasteiger partial charge in [0.2, 0.25) is 5.91 Å². The Morgan fingerprint density at radius 1 is 1.03 bits per heavy atom. The molecule has 3 aromatic rings. The summed E-state index contributed by atoms with van der Waals surface area (Å²) in [5.41, 5.74) is 1.64. The Morgan fingerprint density at radius 2 is 1.71 bits per heavy atom. The highest BCUT2D eigenvalue weighted by molar-refractivity contribution is 6.30. The molecule has 0 heterocycles. The predicted octanol–water partition coefficient (Wildman–Crippen LogP) is 4.63. The molecule has 0 fully saturated rings. The van der Waals surface area contributed by atoms with Crippen LogP contribution in [0.3, 0.4) is 0 Å². The molecule has 3 rings (SSSR count). The molecule has 0 aliphatic rings. The van der Waals surface area contributed by atoms with Gasteiger partial charge in [-0.2, -0.15) is 0 Å². The topological polar surface area (TPSA) is 110 Å². The van der Waals surface area contributed by atoms with Crippen LogP contribution in [0.1, 0.15) is 33.9 Å². The van der Waals surface area contributed by atoms with E-state index in [4.69, 9.17) is 11.6 Å². The van der Waals surface area contributed by atoms with Gasteiger partial charge in [0.05, 0.1) is 17.4 Å². The molecule has 3 aromatic carbocycles. The number of phenols is 1. The number of nitro benzene ring substituents is 1. The Bertz CT molecular complexity index is 1100. The van der Waals surface area contributed by atoms with Gasteiger partial charge in [0.15, 0.2) is 5.78 Å². The van der Waals surface area contributed by atoms with Crippen molar-refractivity contribution in [1.82, 2.24) is 5.32 Å². The molecule has 7 nitrogen and oxygen atoms in total. The summed E-state index contributed by atoms with van der Waals surface area (Å²) in [5.74, 6) is -0.489. The summed E-state index contributed by atoms with van der Waals surface area (Å²) >= 11 is 6.09. The number of hydrogen-bond acceptors (Lipinski definition) is 5. The van der Waals surface area contributed by atoms with E-state index < -0.39 is 11.0 Å². The molecule has 0 aromatic heterocycles. The van der Waals surface area contributed by atoms with Gasteiger partial charge in [-0.1, -0.05) is 35.9 Å². The minimum absolute atomic E-state index is 0.00244. The van der Waals surface area contributed by atoms with Gasteiger partial charge in [-0.25, -0.2) is 0 Å². The summed E-state index contributed by atoms with van der Waals surface area (Å²) in [4.78, 5) is 35.6. The molecule has 0 saturated heterocycles. The van der Waals surface area contributed by atoms with E-state index in [1.54, 1.807) is 24.3 Å². The zero-order valence-corrected chi connectivity index (χ0v) is 17.1. The smallest absolute Gasteiger partial charge is 0.269 e. The lowest BCUT2D eigenvalue weighted by Gasteiger charge is -2.19. The Morgan fingerprint density at radius 3 is 2.32 bits per heavy atom. The molecule has 0 spiro atoms. The lowest BCUT2D eigenvalue weighted by molar-refractivity contribution is -0.384. The van der Waals surface area contributed by atoms with Crippen molar-refractivity contribution in [2.75, 3.05) is 0 Å². The molecule has 1 unspecified atom stereocenters. The number of Topliss-reactive ketones (excluding diaryl/α,β-unsaturated/α-hetero) is 1. The number of ketones is 1. The summed E-state index contributed by atoms with van der Waals surface area (Å²) in [6, 6.07) is 17.9. The minimum Gasteiger partial charge on any atom is -0.508 e. The van der Waals surface area contributed by atoms with E-state index in [0.717, 1.165) is 0 Å². The van der Waals surface area contributed by atoms with Gasteiger partial charge in [0, 0.05) is 29.1 Å². The van der Waals surface area contributed by atoms with E-state index >= 15 is 0 Å². The second-order valence-corrected chi connectivity index (χ2v) is 7.39. The van der Waals surface area contributed by atoms with Gasteiger partial charge < -0.3 is 10.4 Å². The Balaban J connectivity index is 1.76. The third kappa shape index (κ3) is 6.13. The normalized spacial score (nSPS) is 11.5. The van der Waals surface area contributed by atoms with Crippen molar-refractivity contribution in [3.05, 3.63) is 105 Å². The van der Waals surface area contributed by atoms with Crippen LogP contribution in [0.15, 0.2) is 72.8 Å². The first-order chi connectivity index (χ1) is 14.8. The zero-order valence-electron chi connectivity index (χ0n) is 16.3. The lowest BCUT2D eigenvalue weighted by atomic mass is 9.97. The second-order valence-electron chi connectivity index (χ2n) is 6.95. The molecular weight excluding hydrogens is 420 g/mol. The summed E-state index contributed by atoms with van der Waals surface area (Å²) in [5, 5.41) is 23.5. The molecule has 158 valence electrons. The van der Waals surface area contributed by atoms with Gasteiger partial charge in [-0.15, -0.1) is 0 Å². The van der Waals surface area contributed by atoms with Gasteiger partial charge in [-0.05, 0) is 47.5 Å². The van der Waals surface area contributed by atoms with Crippen LogP contribution in [0.5, 0.6) is 5.75 Å². The highest BCUT2D eigenvalue weighted by atomic mass is 35.5. The Kier molecular flexibility index (Phi) is 6.99. The van der Waals surface area contributed by atoms with Crippen LogP contribution in [0.2, 0.25) is 5.02 Å². The number of carbonyl (C=O) groups excluding carboxylic acids is 2. The maximum Gasteiger partial charge on any atom is 0.269 e. The first kappa shape index (κ1) is 22.0. The molecule has 1 amide bonds. The molecule has 0 saturated carbocycles. The van der Waals surface area contributed by atoms with Crippen molar-refractivity contribution in [2.45, 2.75) is 18.9 Å². The number of amides is 1. The third-order valence-corrected chi connectivity index (χ3v) is 4.91. The second kappa shape index (κ2) is 9.86. The first-order valence-corrected chi connectivity index (χ1v) is 9.80. The number of nitro groups is 1. The van der Waals surface area contributed by atoms with Crippen LogP contribution in [0.4, 0.5) is 5.69 Å². The molecule has 0 aliphatic carbocycles. The van der Waals surface area contributed by atoms with Crippen LogP contribution >= 0.6 is 11.6 Å². The number of hydrogen-bond donors (Lipinski definition) is 2. The number of nitrogens with zero attached hydrogens (tertiary/aromatic N) is 1. The SMILES string of the molecule is O=C(Cc1ccc([N+](=O)[O-])cc1)NC(CC(=O)c1ccc(O)cc1)c1cccc(Cl)c1. The fraction of sp³-hybridized carbons (Fsp3) is 0.130. The van der Waals surface area contributed by atoms with Gasteiger partial charge >= 0.3 is 0 Å². The van der Waals surface area contributed by atoms with Crippen molar-refractivity contribution in [3.63, 3.8) is 0 Å². The summed E-state index contributed by atoms with van der Waals surface area (Å²) < 4.78 is 0. The fourth-order valence-electron chi connectivity index (χ4n) is 3.09. The lowest BCUT2D eigenvalue weighted by Crippen LogP contribution is -2.31. The van der Waals surface area contributed by atoms with Crippen LogP contribution < -0.4 is 5.32 Å². The third-order valence-electron chi connectivity index (χ3n) is 4.68. The van der Waals surface area contributed by atoms with E-state index in [9.17, 15) is 24.8 Å². The predicted molar refractivity (Wildman–Crippen MR) is 116 cm³/mol. The summed E-state index contributed by atoms with van der Waals surface area (Å²) in [6.45, 7) is 0. The van der Waals surface area contributed by atoms with E-state index in [1.165, 1.54) is 48.5 Å². The maximum atomic E-state index is 12.7. The number of halogens is 1. The number of rotatable bonds is 8. The number of aromatic hydroxyl groups is 1. The van der Waals surface area contributed by atoms with Crippen molar-refractivity contribution < 1.29 is 19.6 Å². The number of phenolic OH excluding ortho intramolecular Hbond substituents is 1. The van der Waals surface area contributed by atoms with Crippen LogP contribution in [-0.2, 0) is 11.2 Å². The average molecular weight is 439 g/mol. The monoisotopic (exact) mass is 438 g/mol. The summed E-state index contributed by atoms with van der Waals surface area (Å²) in [6.07, 6.45) is -0.000418. The maximum absolute atomic E-state index is 12.7. The van der Waals surface area contributed by atoms with E-state index in [-0.39, 0.29) is 36.0 Å². The van der Waals surface area contributed by atoms with Crippen molar-refractivity contribution in [2.24, 2.45) is 0 Å². The van der Waals surface area contributed by atoms with E-state index in [0.29, 0.717) is 21.7 Å². The van der Waals surface area contributed by atoms with Gasteiger partial charge in [0.25, 0.3) is 5.69 Å². The highest BCUT2D eigenvalue weighted by Gasteiger charge is 2.20. The number of carbonyl (C=O) groups is 2.